The van der Waals surface area contributed by atoms with Crippen LogP contribution in [0.25, 0.3) is 0 Å². The Morgan fingerprint density at radius 2 is 2.10 bits per heavy atom. The van der Waals surface area contributed by atoms with Gasteiger partial charge in [0.25, 0.3) is 0 Å². The van der Waals surface area contributed by atoms with Gasteiger partial charge in [-0.25, -0.2) is 4.98 Å². The van der Waals surface area contributed by atoms with Gasteiger partial charge in [0, 0.05) is 26.0 Å². The zero-order valence-corrected chi connectivity index (χ0v) is 12.0. The van der Waals surface area contributed by atoms with Crippen molar-refractivity contribution < 1.29 is 4.74 Å². The Morgan fingerprint density at radius 1 is 1.35 bits per heavy atom. The lowest BCUT2D eigenvalue weighted by Gasteiger charge is -2.18. The van der Waals surface area contributed by atoms with E-state index in [1.807, 2.05) is 24.5 Å². The quantitative estimate of drug-likeness (QED) is 0.878. The molecule has 106 valence electrons. The van der Waals surface area contributed by atoms with Gasteiger partial charge in [-0.1, -0.05) is 12.1 Å². The molecule has 0 radical (unpaired) electrons. The fraction of sp³-hybridized carbons (Fsp3) is 0.438. The van der Waals surface area contributed by atoms with Crippen molar-refractivity contribution in [2.45, 2.75) is 25.4 Å². The van der Waals surface area contributed by atoms with Crippen LogP contribution in [0.15, 0.2) is 36.7 Å². The molecule has 0 unspecified atom stereocenters. The topological polar surface area (TPSA) is 39.1 Å². The van der Waals surface area contributed by atoms with E-state index in [1.54, 1.807) is 7.11 Å². The molecule has 1 atom stereocenters. The smallest absolute Gasteiger partial charge is 0.125 e. The van der Waals surface area contributed by atoms with Crippen LogP contribution in [0.2, 0.25) is 0 Å². The Kier molecular flexibility index (Phi) is 3.74. The summed E-state index contributed by atoms with van der Waals surface area (Å²) < 4.78 is 7.30. The van der Waals surface area contributed by atoms with Crippen molar-refractivity contribution in [3.63, 3.8) is 0 Å². The molecule has 0 bridgehead atoms. The van der Waals surface area contributed by atoms with Crippen molar-refractivity contribution in [2.24, 2.45) is 13.0 Å². The van der Waals surface area contributed by atoms with E-state index in [-0.39, 0.29) is 0 Å². The molecule has 1 aromatic heterocycles. The van der Waals surface area contributed by atoms with Crippen LogP contribution in [-0.2, 0) is 13.6 Å². The third-order valence-corrected chi connectivity index (χ3v) is 3.92. The summed E-state index contributed by atoms with van der Waals surface area (Å²) in [6.45, 7) is 0.859. The largest absolute Gasteiger partial charge is 0.497 e. The Balaban J connectivity index is 1.66. The summed E-state index contributed by atoms with van der Waals surface area (Å²) in [7, 11) is 3.75. The first-order valence-electron chi connectivity index (χ1n) is 7.11. The van der Waals surface area contributed by atoms with Crippen molar-refractivity contribution in [3.05, 3.63) is 48.0 Å². The Morgan fingerprint density at radius 3 is 2.65 bits per heavy atom. The van der Waals surface area contributed by atoms with Gasteiger partial charge < -0.3 is 14.6 Å². The molecule has 4 nitrogen and oxygen atoms in total. The molecule has 2 aromatic rings. The zero-order valence-electron chi connectivity index (χ0n) is 12.0. The van der Waals surface area contributed by atoms with Gasteiger partial charge in [0.15, 0.2) is 0 Å². The molecule has 4 heteroatoms. The van der Waals surface area contributed by atoms with E-state index in [2.05, 4.69) is 34.0 Å². The second kappa shape index (κ2) is 5.67. The van der Waals surface area contributed by atoms with E-state index in [4.69, 9.17) is 4.74 Å². The zero-order chi connectivity index (χ0) is 13.9. The number of nitrogens with one attached hydrogen (secondary N) is 1. The normalized spacial score (nSPS) is 16.1. The molecule has 1 fully saturated rings. The molecule has 0 spiro atoms. The lowest BCUT2D eigenvalue weighted by atomic mass is 10.1. The molecular weight excluding hydrogens is 250 g/mol. The lowest BCUT2D eigenvalue weighted by molar-refractivity contribution is 0.414. The maximum Gasteiger partial charge on any atom is 0.125 e. The van der Waals surface area contributed by atoms with Crippen LogP contribution >= 0.6 is 0 Å². The maximum atomic E-state index is 5.18. The number of ether oxygens (including phenoxy) is 1. The number of imidazole rings is 1. The molecule has 0 aliphatic heterocycles. The number of hydrogen-bond donors (Lipinski definition) is 1. The molecule has 20 heavy (non-hydrogen) atoms. The second-order valence-corrected chi connectivity index (χ2v) is 5.44. The van der Waals surface area contributed by atoms with E-state index in [0.29, 0.717) is 6.04 Å². The van der Waals surface area contributed by atoms with Crippen molar-refractivity contribution in [1.82, 2.24) is 14.9 Å². The van der Waals surface area contributed by atoms with Crippen LogP contribution in [0, 0.1) is 5.92 Å². The minimum atomic E-state index is 0.358. The van der Waals surface area contributed by atoms with Gasteiger partial charge in [-0.2, -0.15) is 0 Å². The lowest BCUT2D eigenvalue weighted by Crippen LogP contribution is -2.25. The predicted octanol–water partition coefficient (Wildman–Crippen LogP) is 2.67. The van der Waals surface area contributed by atoms with E-state index in [1.165, 1.54) is 18.4 Å². The van der Waals surface area contributed by atoms with Crippen LogP contribution in [0.1, 0.15) is 30.3 Å². The Bertz CT molecular complexity index is 557. The molecule has 1 heterocycles. The van der Waals surface area contributed by atoms with Gasteiger partial charge in [0.05, 0.1) is 13.2 Å². The monoisotopic (exact) mass is 271 g/mol. The first-order chi connectivity index (χ1) is 9.78. The van der Waals surface area contributed by atoms with Crippen LogP contribution in [0.4, 0.5) is 0 Å². The van der Waals surface area contributed by atoms with Crippen molar-refractivity contribution in [1.29, 1.82) is 0 Å². The molecule has 3 rings (SSSR count). The highest BCUT2D eigenvalue weighted by molar-refractivity contribution is 5.27. The Hall–Kier alpha value is -1.81. The number of aryl methyl sites for hydroxylation is 1. The van der Waals surface area contributed by atoms with Crippen molar-refractivity contribution >= 4 is 0 Å². The van der Waals surface area contributed by atoms with E-state index >= 15 is 0 Å². The van der Waals surface area contributed by atoms with Gasteiger partial charge >= 0.3 is 0 Å². The van der Waals surface area contributed by atoms with Gasteiger partial charge in [0.1, 0.15) is 11.6 Å². The summed E-state index contributed by atoms with van der Waals surface area (Å²) in [6, 6.07) is 8.58. The van der Waals surface area contributed by atoms with Crippen LogP contribution in [-0.4, -0.2) is 16.7 Å². The highest BCUT2D eigenvalue weighted by atomic mass is 16.5. The molecule has 0 saturated heterocycles. The first-order valence-corrected chi connectivity index (χ1v) is 7.11. The van der Waals surface area contributed by atoms with E-state index in [9.17, 15) is 0 Å². The van der Waals surface area contributed by atoms with Gasteiger partial charge in [0.2, 0.25) is 0 Å². The van der Waals surface area contributed by atoms with Gasteiger partial charge in [-0.3, -0.25) is 0 Å². The van der Waals surface area contributed by atoms with Crippen LogP contribution in [0.3, 0.4) is 0 Å². The number of methoxy groups -OCH3 is 1. The third-order valence-electron chi connectivity index (χ3n) is 3.92. The summed E-state index contributed by atoms with van der Waals surface area (Å²) in [5.41, 5.74) is 1.27. The maximum absolute atomic E-state index is 5.18. The standard InChI is InChI=1S/C16H21N3O/c1-19-10-9-17-16(19)15(13-5-6-13)18-11-12-3-7-14(20-2)8-4-12/h3-4,7-10,13,15,18H,5-6,11H2,1-2H3/t15-/m0/s1. The summed E-state index contributed by atoms with van der Waals surface area (Å²) in [6.07, 6.45) is 6.49. The highest BCUT2D eigenvalue weighted by Gasteiger charge is 2.34. The molecule has 1 N–H and O–H groups in total. The minimum Gasteiger partial charge on any atom is -0.497 e. The second-order valence-electron chi connectivity index (χ2n) is 5.44. The number of nitrogens with zero attached hydrogens (tertiary/aromatic N) is 2. The SMILES string of the molecule is COc1ccc(CN[C@H](c2nccn2C)C2CC2)cc1. The van der Waals surface area contributed by atoms with E-state index in [0.717, 1.165) is 24.0 Å². The predicted molar refractivity (Wildman–Crippen MR) is 78.5 cm³/mol. The first kappa shape index (κ1) is 13.2. The summed E-state index contributed by atoms with van der Waals surface area (Å²) in [5, 5.41) is 3.65. The fourth-order valence-electron chi connectivity index (χ4n) is 2.55. The van der Waals surface area contributed by atoms with Crippen LogP contribution < -0.4 is 10.1 Å². The molecule has 1 aliphatic carbocycles. The average Bonchev–Trinajstić information content (AvgIpc) is 3.23. The molecular formula is C16H21N3O. The van der Waals surface area contributed by atoms with Crippen molar-refractivity contribution in [3.8, 4) is 5.75 Å². The van der Waals surface area contributed by atoms with Gasteiger partial charge in [-0.15, -0.1) is 0 Å². The highest BCUT2D eigenvalue weighted by Crippen LogP contribution is 2.40. The summed E-state index contributed by atoms with van der Waals surface area (Å²) >= 11 is 0. The summed E-state index contributed by atoms with van der Waals surface area (Å²) in [5.74, 6) is 2.77. The number of benzene rings is 1. The fourth-order valence-corrected chi connectivity index (χ4v) is 2.55. The van der Waals surface area contributed by atoms with Crippen molar-refractivity contribution in [2.75, 3.05) is 7.11 Å². The molecule has 0 amide bonds. The van der Waals surface area contributed by atoms with Gasteiger partial charge in [-0.05, 0) is 36.5 Å². The van der Waals surface area contributed by atoms with Crippen LogP contribution in [0.5, 0.6) is 5.75 Å². The summed E-state index contributed by atoms with van der Waals surface area (Å²) in [4.78, 5) is 4.50. The van der Waals surface area contributed by atoms with E-state index < -0.39 is 0 Å². The molecule has 1 saturated carbocycles. The molecule has 1 aliphatic rings. The number of hydrogen-bond acceptors (Lipinski definition) is 3. The minimum absolute atomic E-state index is 0.358. The number of aromatic nitrogens is 2. The third kappa shape index (κ3) is 2.85. The average molecular weight is 271 g/mol. The Labute approximate surface area is 119 Å². The molecule has 1 aromatic carbocycles. The number of rotatable bonds is 6.